The first-order chi connectivity index (χ1) is 15.7. The van der Waals surface area contributed by atoms with Crippen LogP contribution in [0, 0.1) is 5.92 Å². The number of nitrogens with one attached hydrogen (secondary N) is 1. The van der Waals surface area contributed by atoms with Gasteiger partial charge in [-0.05, 0) is 53.6 Å². The predicted octanol–water partition coefficient (Wildman–Crippen LogP) is 4.07. The zero-order chi connectivity index (χ0) is 21.5. The fraction of sp³-hybridized carbons (Fsp3) is 0.250. The van der Waals surface area contributed by atoms with Gasteiger partial charge < -0.3 is 5.32 Å². The summed E-state index contributed by atoms with van der Waals surface area (Å²) >= 11 is 1.68. The molecule has 3 aromatic heterocycles. The van der Waals surface area contributed by atoms with Crippen LogP contribution >= 0.6 is 11.3 Å². The Kier molecular flexibility index (Phi) is 4.72. The van der Waals surface area contributed by atoms with Crippen LogP contribution in [0.3, 0.4) is 0 Å². The van der Waals surface area contributed by atoms with Crippen molar-refractivity contribution in [2.75, 3.05) is 5.32 Å². The van der Waals surface area contributed by atoms with Gasteiger partial charge in [-0.2, -0.15) is 0 Å². The second-order valence-electron chi connectivity index (χ2n) is 8.24. The number of aromatic nitrogens is 4. The van der Waals surface area contributed by atoms with Crippen molar-refractivity contribution in [1.82, 2.24) is 19.9 Å². The minimum atomic E-state index is 0.0242. The SMILES string of the molecule is O=C(Cc1cncnc1)C1CCc2c(sc3ncnc(Nc4ccc5c(c4)C=NC5)c23)C1. The van der Waals surface area contributed by atoms with Gasteiger partial charge in [-0.1, -0.05) is 6.07 Å². The van der Waals surface area contributed by atoms with E-state index in [9.17, 15) is 4.79 Å². The molecule has 0 radical (unpaired) electrons. The number of ketones is 1. The average Bonchev–Trinajstić information content (AvgIpc) is 3.43. The van der Waals surface area contributed by atoms with Gasteiger partial charge in [0.15, 0.2) is 0 Å². The summed E-state index contributed by atoms with van der Waals surface area (Å²) in [5, 5.41) is 4.58. The van der Waals surface area contributed by atoms with Gasteiger partial charge in [0.25, 0.3) is 0 Å². The Morgan fingerprint density at radius 1 is 1.16 bits per heavy atom. The normalized spacial score (nSPS) is 16.7. The van der Waals surface area contributed by atoms with E-state index in [1.54, 1.807) is 30.1 Å². The molecule has 0 fully saturated rings. The number of thiophene rings is 1. The highest BCUT2D eigenvalue weighted by molar-refractivity contribution is 7.19. The van der Waals surface area contributed by atoms with E-state index in [4.69, 9.17) is 0 Å². The first-order valence-corrected chi connectivity index (χ1v) is 11.5. The number of fused-ring (bicyclic) bond motifs is 4. The lowest BCUT2D eigenvalue weighted by Gasteiger charge is -2.21. The Morgan fingerprint density at radius 3 is 2.97 bits per heavy atom. The van der Waals surface area contributed by atoms with E-state index < -0.39 is 0 Å². The molecule has 1 aromatic carbocycles. The number of Topliss-reactive ketones (excluding diaryl/α,β-unsaturated/α-hetero) is 1. The summed E-state index contributed by atoms with van der Waals surface area (Å²) in [5.74, 6) is 1.11. The summed E-state index contributed by atoms with van der Waals surface area (Å²) in [7, 11) is 0. The van der Waals surface area contributed by atoms with Crippen LogP contribution in [-0.2, 0) is 30.6 Å². The fourth-order valence-corrected chi connectivity index (χ4v) is 5.83. The standard InChI is InChI=1S/C24H20N6OS/c31-20(5-14-8-26-12-27-9-14)15-2-4-19-21(7-15)32-24-22(19)23(28-13-29-24)30-18-3-1-16-10-25-11-17(16)6-18/h1,3,6,8-9,11-13,15H,2,4-5,7,10H2,(H,28,29,30). The van der Waals surface area contributed by atoms with E-state index >= 15 is 0 Å². The van der Waals surface area contributed by atoms with Gasteiger partial charge in [0.1, 0.15) is 29.1 Å². The molecule has 0 saturated heterocycles. The van der Waals surface area contributed by atoms with Crippen LogP contribution in [0.1, 0.15) is 33.6 Å². The molecule has 1 atom stereocenters. The third-order valence-corrected chi connectivity index (χ3v) is 7.36. The second kappa shape index (κ2) is 7.87. The van der Waals surface area contributed by atoms with Gasteiger partial charge in [0.2, 0.25) is 0 Å². The van der Waals surface area contributed by atoms with Crippen molar-refractivity contribution >= 4 is 45.1 Å². The Hall–Kier alpha value is -3.52. The number of nitrogens with zero attached hydrogens (tertiary/aromatic N) is 5. The largest absolute Gasteiger partial charge is 0.340 e. The molecule has 2 aliphatic rings. The van der Waals surface area contributed by atoms with Crippen LogP contribution < -0.4 is 5.32 Å². The third kappa shape index (κ3) is 3.46. The quantitative estimate of drug-likeness (QED) is 0.503. The Labute approximate surface area is 188 Å². The van der Waals surface area contributed by atoms with E-state index in [-0.39, 0.29) is 11.7 Å². The van der Waals surface area contributed by atoms with Gasteiger partial charge in [-0.25, -0.2) is 19.9 Å². The number of aliphatic imine (C=N–C) groups is 1. The highest BCUT2D eigenvalue weighted by Gasteiger charge is 2.29. The number of benzene rings is 1. The molecular formula is C24H20N6OS. The molecule has 6 rings (SSSR count). The fourth-order valence-electron chi connectivity index (χ4n) is 4.56. The summed E-state index contributed by atoms with van der Waals surface area (Å²) in [6.07, 6.45) is 11.3. The summed E-state index contributed by atoms with van der Waals surface area (Å²) in [5.41, 5.74) is 5.54. The monoisotopic (exact) mass is 440 g/mol. The van der Waals surface area contributed by atoms with Crippen molar-refractivity contribution in [3.05, 3.63) is 70.4 Å². The molecule has 1 aliphatic carbocycles. The van der Waals surface area contributed by atoms with E-state index in [2.05, 4.69) is 48.4 Å². The van der Waals surface area contributed by atoms with Crippen molar-refractivity contribution < 1.29 is 4.79 Å². The van der Waals surface area contributed by atoms with Gasteiger partial charge in [-0.3, -0.25) is 9.79 Å². The lowest BCUT2D eigenvalue weighted by Crippen LogP contribution is -2.23. The molecule has 158 valence electrons. The van der Waals surface area contributed by atoms with Gasteiger partial charge in [0, 0.05) is 41.5 Å². The van der Waals surface area contributed by atoms with Gasteiger partial charge in [0.05, 0.1) is 11.9 Å². The van der Waals surface area contributed by atoms with Crippen LogP contribution in [0.15, 0.2) is 48.2 Å². The van der Waals surface area contributed by atoms with Crippen LogP contribution in [0.2, 0.25) is 0 Å². The Morgan fingerprint density at radius 2 is 2.06 bits per heavy atom. The van der Waals surface area contributed by atoms with Crippen LogP contribution in [-0.4, -0.2) is 31.9 Å². The van der Waals surface area contributed by atoms with Crippen LogP contribution in [0.4, 0.5) is 11.5 Å². The number of carbonyl (C=O) groups excluding carboxylic acids is 1. The van der Waals surface area contributed by atoms with Crippen LogP contribution in [0.5, 0.6) is 0 Å². The number of rotatable bonds is 5. The molecule has 1 unspecified atom stereocenters. The van der Waals surface area contributed by atoms with E-state index in [0.29, 0.717) is 6.42 Å². The van der Waals surface area contributed by atoms with Gasteiger partial charge >= 0.3 is 0 Å². The molecule has 1 aliphatic heterocycles. The van der Waals surface area contributed by atoms with Crippen molar-refractivity contribution in [3.8, 4) is 0 Å². The minimum Gasteiger partial charge on any atom is -0.340 e. The number of hydrogen-bond donors (Lipinski definition) is 1. The maximum Gasteiger partial charge on any atom is 0.142 e. The summed E-state index contributed by atoms with van der Waals surface area (Å²) in [4.78, 5) is 36.6. The summed E-state index contributed by atoms with van der Waals surface area (Å²) in [6, 6.07) is 6.29. The van der Waals surface area contributed by atoms with Gasteiger partial charge in [-0.15, -0.1) is 11.3 Å². The summed E-state index contributed by atoms with van der Waals surface area (Å²) in [6.45, 7) is 0.753. The lowest BCUT2D eigenvalue weighted by atomic mass is 9.83. The van der Waals surface area contributed by atoms with Crippen molar-refractivity contribution in [1.29, 1.82) is 0 Å². The zero-order valence-corrected chi connectivity index (χ0v) is 18.1. The topological polar surface area (TPSA) is 93.0 Å². The summed E-state index contributed by atoms with van der Waals surface area (Å²) < 4.78 is 0. The number of aryl methyl sites for hydroxylation is 1. The molecule has 0 amide bonds. The number of hydrogen-bond acceptors (Lipinski definition) is 8. The second-order valence-corrected chi connectivity index (χ2v) is 9.33. The highest BCUT2D eigenvalue weighted by Crippen LogP contribution is 2.40. The van der Waals surface area contributed by atoms with Crippen molar-refractivity contribution in [3.63, 3.8) is 0 Å². The average molecular weight is 441 g/mol. The Bertz CT molecular complexity index is 1360. The first kappa shape index (κ1) is 19.2. The molecule has 4 aromatic rings. The molecule has 0 bridgehead atoms. The van der Waals surface area contributed by atoms with Crippen molar-refractivity contribution in [2.45, 2.75) is 32.2 Å². The van der Waals surface area contributed by atoms with Crippen LogP contribution in [0.25, 0.3) is 10.2 Å². The lowest BCUT2D eigenvalue weighted by molar-refractivity contribution is -0.122. The third-order valence-electron chi connectivity index (χ3n) is 6.19. The molecule has 1 N–H and O–H groups in total. The maximum atomic E-state index is 12.9. The number of carbonyl (C=O) groups is 1. The molecule has 8 heteroatoms. The Balaban J connectivity index is 1.27. The minimum absolute atomic E-state index is 0.0242. The molecule has 7 nitrogen and oxygen atoms in total. The number of anilines is 2. The first-order valence-electron chi connectivity index (χ1n) is 10.7. The molecule has 0 spiro atoms. The molecule has 4 heterocycles. The van der Waals surface area contributed by atoms with E-state index in [0.717, 1.165) is 58.7 Å². The highest BCUT2D eigenvalue weighted by atomic mass is 32.1. The zero-order valence-electron chi connectivity index (χ0n) is 17.3. The molecule has 0 saturated carbocycles. The smallest absolute Gasteiger partial charge is 0.142 e. The predicted molar refractivity (Wildman–Crippen MR) is 125 cm³/mol. The van der Waals surface area contributed by atoms with Crippen molar-refractivity contribution in [2.24, 2.45) is 10.9 Å². The van der Waals surface area contributed by atoms with E-state index in [1.807, 2.05) is 6.21 Å². The molecular weight excluding hydrogens is 420 g/mol. The maximum absolute atomic E-state index is 12.9. The van der Waals surface area contributed by atoms with E-state index in [1.165, 1.54) is 22.3 Å². The molecule has 32 heavy (non-hydrogen) atoms.